The molecule has 0 heterocycles. The average Bonchev–Trinajstić information content (AvgIpc) is 1.50. The van der Waals surface area contributed by atoms with Crippen molar-refractivity contribution >= 4 is 9.82 Å². The molecule has 0 saturated carbocycles. The Kier molecular flexibility index (Phi) is 58.8. The summed E-state index contributed by atoms with van der Waals surface area (Å²) in [4.78, 5) is 0. The van der Waals surface area contributed by atoms with Gasteiger partial charge in [0.2, 0.25) is 0 Å². The molecule has 0 aliphatic carbocycles. The Morgan fingerprint density at radius 2 is 1.25 bits per heavy atom. The van der Waals surface area contributed by atoms with Gasteiger partial charge >= 0.3 is 51.0 Å². The molecule has 0 bridgehead atoms. The first-order valence-corrected chi connectivity index (χ1v) is 3.94. The molecule has 0 amide bonds. The first kappa shape index (κ1) is 9.04. The molecule has 0 spiro atoms. The van der Waals surface area contributed by atoms with Crippen LogP contribution in [-0.2, 0) is 41.2 Å². The van der Waals surface area contributed by atoms with Gasteiger partial charge in [-0.2, -0.15) is 0 Å². The standard InChI is InChI=1S/2Mo.O.S. The molecule has 0 aromatic heterocycles. The zero-order valence-electron chi connectivity index (χ0n) is 1.63. The third kappa shape index (κ3) is 10.0. The SMILES string of the molecule is [O]=[Mo].[S]=[Mo]. The molecular formula is Mo2OS. The molecule has 0 aliphatic heterocycles. The van der Waals surface area contributed by atoms with Crippen molar-refractivity contribution in [3.63, 3.8) is 0 Å². The Hall–Kier alpha value is 1.40. The third-order valence-corrected chi connectivity index (χ3v) is 0. The van der Waals surface area contributed by atoms with Crippen LogP contribution >= 0.6 is 9.82 Å². The summed E-state index contributed by atoms with van der Waals surface area (Å²) in [6.07, 6.45) is 0. The number of hydrogen-bond donors (Lipinski definition) is 0. The number of hydrogen-bond acceptors (Lipinski definition) is 2. The zero-order chi connectivity index (χ0) is 4.00. The Morgan fingerprint density at radius 1 is 1.25 bits per heavy atom. The molecule has 0 aromatic rings. The second-order valence-electron chi connectivity index (χ2n) is 0. The van der Waals surface area contributed by atoms with Crippen molar-refractivity contribution in [3.8, 4) is 0 Å². The van der Waals surface area contributed by atoms with E-state index in [1.165, 1.54) is 18.0 Å². The van der Waals surface area contributed by atoms with Crippen molar-refractivity contribution in [3.05, 3.63) is 0 Å². The van der Waals surface area contributed by atoms with Crippen molar-refractivity contribution in [1.29, 1.82) is 0 Å². The molecule has 0 aromatic carbocycles. The summed E-state index contributed by atoms with van der Waals surface area (Å²) < 4.78 is 8.26. The molecule has 0 fully saturated rings. The molecule has 1 nitrogen and oxygen atoms in total. The minimum absolute atomic E-state index is 0.700. The van der Waals surface area contributed by atoms with Gasteiger partial charge in [-0.15, -0.1) is 0 Å². The molecule has 0 N–H and O–H groups in total. The van der Waals surface area contributed by atoms with Crippen molar-refractivity contribution in [2.24, 2.45) is 0 Å². The second-order valence-corrected chi connectivity index (χ2v) is 0. The van der Waals surface area contributed by atoms with Crippen LogP contribution in [0.4, 0.5) is 0 Å². The monoisotopic (exact) mass is 244 g/mol. The Balaban J connectivity index is 0. The van der Waals surface area contributed by atoms with Crippen LogP contribution in [0.5, 0.6) is 0 Å². The average molecular weight is 240 g/mol. The van der Waals surface area contributed by atoms with Gasteiger partial charge in [-0.3, -0.25) is 0 Å². The molecule has 0 radical (unpaired) electrons. The molecule has 24 valence electrons. The predicted octanol–water partition coefficient (Wildman–Crippen LogP) is 0.524. The normalized spacial score (nSPS) is 2.00. The van der Waals surface area contributed by atoms with E-state index in [9.17, 15) is 0 Å². The van der Waals surface area contributed by atoms with Crippen LogP contribution in [0.1, 0.15) is 0 Å². The molecular weight excluding hydrogens is 240 g/mol. The van der Waals surface area contributed by atoms with Crippen LogP contribution in [0.15, 0.2) is 0 Å². The van der Waals surface area contributed by atoms with Gasteiger partial charge in [-0.25, -0.2) is 0 Å². The van der Waals surface area contributed by atoms with Crippen LogP contribution in [0.25, 0.3) is 0 Å². The van der Waals surface area contributed by atoms with Gasteiger partial charge in [0.15, 0.2) is 0 Å². The van der Waals surface area contributed by atoms with E-state index >= 15 is 0 Å². The van der Waals surface area contributed by atoms with Gasteiger partial charge in [0.05, 0.1) is 0 Å². The van der Waals surface area contributed by atoms with E-state index in [0.717, 1.165) is 0 Å². The molecule has 0 aliphatic rings. The van der Waals surface area contributed by atoms with E-state index < -0.39 is 0 Å². The zero-order valence-corrected chi connectivity index (χ0v) is 6.46. The molecule has 4 heteroatoms. The Labute approximate surface area is 50.7 Å². The minimum atomic E-state index is 0.700. The van der Waals surface area contributed by atoms with Crippen molar-refractivity contribution in [2.75, 3.05) is 0 Å². The van der Waals surface area contributed by atoms with Gasteiger partial charge in [0.25, 0.3) is 0 Å². The van der Waals surface area contributed by atoms with E-state index in [-0.39, 0.29) is 0 Å². The van der Waals surface area contributed by atoms with Gasteiger partial charge in [0, 0.05) is 0 Å². The van der Waals surface area contributed by atoms with Crippen LogP contribution < -0.4 is 0 Å². The van der Waals surface area contributed by atoms with Crippen LogP contribution in [0.3, 0.4) is 0 Å². The van der Waals surface area contributed by atoms with Gasteiger partial charge < -0.3 is 0 Å². The van der Waals surface area contributed by atoms with E-state index in [2.05, 4.69) is 9.82 Å². The summed E-state index contributed by atoms with van der Waals surface area (Å²) in [5.74, 6) is 0. The topological polar surface area (TPSA) is 17.1 Å². The van der Waals surface area contributed by atoms with E-state index in [4.69, 9.17) is 3.40 Å². The summed E-state index contributed by atoms with van der Waals surface area (Å²) in [5.41, 5.74) is 0. The van der Waals surface area contributed by atoms with Gasteiger partial charge in [-0.05, 0) is 0 Å². The van der Waals surface area contributed by atoms with Crippen molar-refractivity contribution < 1.29 is 41.2 Å². The fraction of sp³-hybridized carbons (Fsp3) is 0. The van der Waals surface area contributed by atoms with Crippen LogP contribution in [-0.4, -0.2) is 0 Å². The van der Waals surface area contributed by atoms with Crippen molar-refractivity contribution in [2.45, 2.75) is 0 Å². The van der Waals surface area contributed by atoms with Crippen molar-refractivity contribution in [1.82, 2.24) is 0 Å². The quantitative estimate of drug-likeness (QED) is 0.574. The van der Waals surface area contributed by atoms with Gasteiger partial charge in [-0.1, -0.05) is 0 Å². The Bertz CT molecular complexity index is 8.00. The fourth-order valence-corrected chi connectivity index (χ4v) is 0. The van der Waals surface area contributed by atoms with Crippen LogP contribution in [0.2, 0.25) is 0 Å². The molecule has 0 unspecified atom stereocenters. The third-order valence-electron chi connectivity index (χ3n) is 0. The molecule has 0 rings (SSSR count). The van der Waals surface area contributed by atoms with Gasteiger partial charge in [0.1, 0.15) is 0 Å². The fourth-order valence-electron chi connectivity index (χ4n) is 0. The first-order chi connectivity index (χ1) is 2.00. The predicted molar refractivity (Wildman–Crippen MR) is 8.28 cm³/mol. The molecule has 0 atom stereocenters. The molecule has 0 saturated heterocycles. The maximum absolute atomic E-state index is 8.26. The van der Waals surface area contributed by atoms with E-state index in [1.807, 2.05) is 0 Å². The summed E-state index contributed by atoms with van der Waals surface area (Å²) in [5, 5.41) is 0. The molecule has 4 heavy (non-hydrogen) atoms. The van der Waals surface area contributed by atoms with E-state index in [0.29, 0.717) is 19.8 Å². The summed E-state index contributed by atoms with van der Waals surface area (Å²) >= 11 is 2.23. The Morgan fingerprint density at radius 3 is 1.25 bits per heavy atom. The van der Waals surface area contributed by atoms with E-state index in [1.54, 1.807) is 0 Å². The summed E-state index contributed by atoms with van der Waals surface area (Å²) in [6, 6.07) is 0. The summed E-state index contributed by atoms with van der Waals surface area (Å²) in [7, 11) is 4.09. The number of rotatable bonds is 0. The maximum atomic E-state index is 8.26. The van der Waals surface area contributed by atoms with Crippen LogP contribution in [0, 0.1) is 0 Å². The summed E-state index contributed by atoms with van der Waals surface area (Å²) in [6.45, 7) is 0. The second kappa shape index (κ2) is 26.0. The first-order valence-electron chi connectivity index (χ1n) is 0.333.